The number of nitrogens with zero attached hydrogens (tertiary/aromatic N) is 6. The van der Waals surface area contributed by atoms with Crippen molar-refractivity contribution in [3.8, 4) is 11.5 Å². The zero-order valence-corrected chi connectivity index (χ0v) is 22.7. The summed E-state index contributed by atoms with van der Waals surface area (Å²) >= 11 is 0. The number of ether oxygens (including phenoxy) is 2. The molecule has 3 rings (SSSR count). The van der Waals surface area contributed by atoms with Gasteiger partial charge >= 0.3 is 0 Å². The Bertz CT molecular complexity index is 1340. The van der Waals surface area contributed by atoms with Gasteiger partial charge in [0.15, 0.2) is 0 Å². The smallest absolute Gasteiger partial charge is 0.269 e. The van der Waals surface area contributed by atoms with Crippen LogP contribution in [0.1, 0.15) is 26.7 Å². The molecular formula is C28H32N6O5. The van der Waals surface area contributed by atoms with Crippen LogP contribution < -0.4 is 14.4 Å². The highest BCUT2D eigenvalue weighted by Crippen LogP contribution is 2.41. The number of rotatable bonds is 13. The van der Waals surface area contributed by atoms with Gasteiger partial charge in [0.25, 0.3) is 5.69 Å². The Morgan fingerprint density at radius 2 is 1.36 bits per heavy atom. The summed E-state index contributed by atoms with van der Waals surface area (Å²) in [7, 11) is 5.01. The monoisotopic (exact) mass is 532 g/mol. The van der Waals surface area contributed by atoms with E-state index in [-0.39, 0.29) is 17.4 Å². The van der Waals surface area contributed by atoms with E-state index in [1.807, 2.05) is 45.2 Å². The summed E-state index contributed by atoms with van der Waals surface area (Å²) < 4.78 is 10.9. The van der Waals surface area contributed by atoms with Crippen LogP contribution in [0.2, 0.25) is 0 Å². The third kappa shape index (κ3) is 8.16. The maximum absolute atomic E-state index is 11.8. The number of carbonyl (C=O) groups is 1. The molecule has 0 saturated carbocycles. The zero-order valence-electron chi connectivity index (χ0n) is 22.7. The molecule has 0 spiro atoms. The molecule has 0 aromatic heterocycles. The van der Waals surface area contributed by atoms with Gasteiger partial charge in [-0.1, -0.05) is 13.8 Å². The van der Waals surface area contributed by atoms with E-state index >= 15 is 0 Å². The fraction of sp³-hybridized carbons (Fsp3) is 0.321. The summed E-state index contributed by atoms with van der Waals surface area (Å²) in [6.45, 7) is 4.63. The molecule has 39 heavy (non-hydrogen) atoms. The fourth-order valence-electron chi connectivity index (χ4n) is 3.57. The van der Waals surface area contributed by atoms with Crippen LogP contribution in [0, 0.1) is 16.0 Å². The van der Waals surface area contributed by atoms with Crippen LogP contribution in [0.25, 0.3) is 0 Å². The number of carbonyl (C=O) groups excluding carboxylic acids is 1. The maximum atomic E-state index is 11.8. The van der Waals surface area contributed by atoms with Crippen LogP contribution >= 0.6 is 0 Å². The number of ketones is 1. The molecule has 0 atom stereocenters. The lowest BCUT2D eigenvalue weighted by atomic mass is 10.0. The number of hydrogen-bond donors (Lipinski definition) is 0. The number of nitro groups is 1. The minimum atomic E-state index is -0.477. The average Bonchev–Trinajstić information content (AvgIpc) is 2.94. The molecule has 11 heteroatoms. The lowest BCUT2D eigenvalue weighted by Gasteiger charge is -2.19. The predicted molar refractivity (Wildman–Crippen MR) is 150 cm³/mol. The number of Topliss-reactive ketones (excluding diaryl/α,β-unsaturated/α-hetero) is 1. The molecule has 3 aromatic rings. The van der Waals surface area contributed by atoms with E-state index in [1.165, 1.54) is 38.5 Å². The summed E-state index contributed by atoms with van der Waals surface area (Å²) in [6.07, 6.45) is 1.39. The molecule has 0 saturated heterocycles. The van der Waals surface area contributed by atoms with E-state index in [9.17, 15) is 14.9 Å². The van der Waals surface area contributed by atoms with E-state index in [0.29, 0.717) is 40.7 Å². The van der Waals surface area contributed by atoms with Gasteiger partial charge in [-0.2, -0.15) is 10.2 Å². The number of nitro benzene ring substituents is 1. The second-order valence-corrected chi connectivity index (χ2v) is 9.03. The third-order valence-electron chi connectivity index (χ3n) is 5.94. The Hall–Kier alpha value is -4.67. The quantitative estimate of drug-likeness (QED) is 0.125. The Balaban J connectivity index is 1.71. The molecule has 0 aliphatic rings. The first-order chi connectivity index (χ1) is 18.7. The third-order valence-corrected chi connectivity index (χ3v) is 5.94. The molecule has 0 fully saturated rings. The van der Waals surface area contributed by atoms with Crippen LogP contribution in [0.15, 0.2) is 81.1 Å². The summed E-state index contributed by atoms with van der Waals surface area (Å²) in [5.41, 5.74) is 2.94. The fourth-order valence-corrected chi connectivity index (χ4v) is 3.57. The van der Waals surface area contributed by atoms with Crippen molar-refractivity contribution in [2.75, 3.05) is 32.7 Å². The van der Waals surface area contributed by atoms with Gasteiger partial charge in [-0.05, 0) is 42.8 Å². The van der Waals surface area contributed by atoms with Crippen LogP contribution in [0.3, 0.4) is 0 Å². The van der Waals surface area contributed by atoms with E-state index in [0.717, 1.165) is 18.7 Å². The Morgan fingerprint density at radius 1 is 0.872 bits per heavy atom. The minimum Gasteiger partial charge on any atom is -0.494 e. The zero-order chi connectivity index (χ0) is 28.4. The first kappa shape index (κ1) is 28.9. The van der Waals surface area contributed by atoms with Crippen LogP contribution in [0.5, 0.6) is 11.5 Å². The average molecular weight is 533 g/mol. The van der Waals surface area contributed by atoms with Gasteiger partial charge in [-0.25, -0.2) is 0 Å². The number of non-ortho nitro benzene ring substituents is 1. The second-order valence-electron chi connectivity index (χ2n) is 9.03. The standard InChI is InChI=1S/C28H32N6O5/c1-19(2)26(35)7-6-16-33(3)22-12-8-20(9-13-22)29-31-24-17-28(39-5)25(18-27(24)38-4)32-30-21-10-14-23(15-11-21)34(36)37/h8-15,17-19H,6-7,16H2,1-5H3. The van der Waals surface area contributed by atoms with Gasteiger partial charge in [0.1, 0.15) is 28.7 Å². The molecule has 0 bridgehead atoms. The van der Waals surface area contributed by atoms with Gasteiger partial charge in [-0.15, -0.1) is 10.2 Å². The summed E-state index contributed by atoms with van der Waals surface area (Å²) in [6, 6.07) is 16.6. The van der Waals surface area contributed by atoms with Crippen molar-refractivity contribution in [1.29, 1.82) is 0 Å². The van der Waals surface area contributed by atoms with Crippen molar-refractivity contribution in [1.82, 2.24) is 0 Å². The van der Waals surface area contributed by atoms with Gasteiger partial charge < -0.3 is 14.4 Å². The maximum Gasteiger partial charge on any atom is 0.269 e. The molecule has 0 aliphatic heterocycles. The highest BCUT2D eigenvalue weighted by molar-refractivity contribution is 5.80. The first-order valence-electron chi connectivity index (χ1n) is 12.4. The molecule has 0 heterocycles. The number of benzene rings is 3. The van der Waals surface area contributed by atoms with E-state index < -0.39 is 4.92 Å². The van der Waals surface area contributed by atoms with E-state index in [2.05, 4.69) is 25.4 Å². The molecule has 0 unspecified atom stereocenters. The molecule has 11 nitrogen and oxygen atoms in total. The Labute approximate surface area is 227 Å². The van der Waals surface area contributed by atoms with Crippen LogP contribution in [-0.4, -0.2) is 38.5 Å². The van der Waals surface area contributed by atoms with Crippen molar-refractivity contribution in [3.63, 3.8) is 0 Å². The van der Waals surface area contributed by atoms with Gasteiger partial charge in [0.05, 0.1) is 30.5 Å². The Kier molecular flexibility index (Phi) is 10.2. The topological polar surface area (TPSA) is 131 Å². The second kappa shape index (κ2) is 13.8. The highest BCUT2D eigenvalue weighted by atomic mass is 16.6. The molecule has 0 radical (unpaired) electrons. The lowest BCUT2D eigenvalue weighted by Crippen LogP contribution is -2.19. The normalized spacial score (nSPS) is 11.3. The van der Waals surface area contributed by atoms with Crippen molar-refractivity contribution in [2.45, 2.75) is 26.7 Å². The summed E-state index contributed by atoms with van der Waals surface area (Å²) in [4.78, 5) is 24.3. The van der Waals surface area contributed by atoms with Gasteiger partial charge in [0.2, 0.25) is 0 Å². The Morgan fingerprint density at radius 3 is 1.79 bits per heavy atom. The first-order valence-corrected chi connectivity index (χ1v) is 12.4. The van der Waals surface area contributed by atoms with Gasteiger partial charge in [0, 0.05) is 55.9 Å². The number of anilines is 1. The van der Waals surface area contributed by atoms with Crippen molar-refractivity contribution < 1.29 is 19.2 Å². The lowest BCUT2D eigenvalue weighted by molar-refractivity contribution is -0.384. The number of azo groups is 2. The van der Waals surface area contributed by atoms with Crippen LogP contribution in [0.4, 0.5) is 34.1 Å². The van der Waals surface area contributed by atoms with E-state index in [1.54, 1.807) is 12.1 Å². The molecule has 3 aromatic carbocycles. The number of methoxy groups -OCH3 is 2. The van der Waals surface area contributed by atoms with Crippen LogP contribution in [-0.2, 0) is 4.79 Å². The molecule has 0 amide bonds. The van der Waals surface area contributed by atoms with Crippen molar-refractivity contribution in [3.05, 3.63) is 70.8 Å². The predicted octanol–water partition coefficient (Wildman–Crippen LogP) is 7.88. The minimum absolute atomic E-state index is 0.0284. The summed E-state index contributed by atoms with van der Waals surface area (Å²) in [5, 5.41) is 27.8. The number of hydrogen-bond acceptors (Lipinski definition) is 10. The largest absolute Gasteiger partial charge is 0.494 e. The highest BCUT2D eigenvalue weighted by Gasteiger charge is 2.12. The SMILES string of the molecule is COc1cc(N=Nc2ccc([N+](=O)[O-])cc2)c(OC)cc1N=Nc1ccc(N(C)CCCC(=O)C(C)C)cc1. The van der Waals surface area contributed by atoms with E-state index in [4.69, 9.17) is 9.47 Å². The molecule has 204 valence electrons. The summed E-state index contributed by atoms with van der Waals surface area (Å²) in [5.74, 6) is 1.18. The van der Waals surface area contributed by atoms with Crippen molar-refractivity contribution >= 4 is 39.9 Å². The molecule has 0 N–H and O–H groups in total. The van der Waals surface area contributed by atoms with Gasteiger partial charge in [-0.3, -0.25) is 14.9 Å². The van der Waals surface area contributed by atoms with Crippen molar-refractivity contribution in [2.24, 2.45) is 26.4 Å². The molecule has 0 aliphatic carbocycles. The molecular weight excluding hydrogens is 500 g/mol.